The van der Waals surface area contributed by atoms with Crippen molar-refractivity contribution in [2.75, 3.05) is 5.32 Å². The lowest BCUT2D eigenvalue weighted by Crippen LogP contribution is -2.23. The van der Waals surface area contributed by atoms with Crippen molar-refractivity contribution in [3.8, 4) is 11.5 Å². The van der Waals surface area contributed by atoms with Crippen molar-refractivity contribution >= 4 is 26.7 Å². The number of nitrogens with zero attached hydrogens (tertiary/aromatic N) is 3. The van der Waals surface area contributed by atoms with Crippen LogP contribution in [0, 0.1) is 5.82 Å². The Bertz CT molecular complexity index is 1600. The van der Waals surface area contributed by atoms with Crippen molar-refractivity contribution in [1.82, 2.24) is 19.3 Å². The molecule has 0 fully saturated rings. The Kier molecular flexibility index (Phi) is 6.06. The van der Waals surface area contributed by atoms with Crippen molar-refractivity contribution < 1.29 is 17.2 Å². The molecular formula is C25H22FN5O3S. The zero-order valence-corrected chi connectivity index (χ0v) is 19.6. The topological polar surface area (TPSA) is 102 Å². The highest BCUT2D eigenvalue weighted by Gasteiger charge is 2.18. The molecule has 0 amide bonds. The number of para-hydroxylation sites is 1. The SMILES string of the molecule is Cn1cnc2cccc(CNc3ccc(S(=O)(=O)NCc4coc(-c5ccccc5)n4)cc3F)c21. The summed E-state index contributed by atoms with van der Waals surface area (Å²) in [4.78, 5) is 8.45. The third-order valence-electron chi connectivity index (χ3n) is 5.56. The predicted octanol–water partition coefficient (Wildman–Crippen LogP) is 4.46. The Morgan fingerprint density at radius 3 is 2.66 bits per heavy atom. The van der Waals surface area contributed by atoms with Gasteiger partial charge in [-0.05, 0) is 42.0 Å². The number of hydrogen-bond acceptors (Lipinski definition) is 6. The summed E-state index contributed by atoms with van der Waals surface area (Å²) in [5, 5.41) is 3.04. The van der Waals surface area contributed by atoms with Gasteiger partial charge in [-0.15, -0.1) is 0 Å². The van der Waals surface area contributed by atoms with E-state index in [1.807, 2.05) is 60.1 Å². The molecule has 10 heteroatoms. The molecule has 2 aromatic heterocycles. The highest BCUT2D eigenvalue weighted by molar-refractivity contribution is 7.89. The summed E-state index contributed by atoms with van der Waals surface area (Å²) in [7, 11) is -2.06. The molecule has 0 radical (unpaired) electrons. The molecule has 0 saturated heterocycles. The lowest BCUT2D eigenvalue weighted by Gasteiger charge is -2.11. The molecule has 0 saturated carbocycles. The van der Waals surface area contributed by atoms with Gasteiger partial charge in [-0.1, -0.05) is 30.3 Å². The molecule has 2 heterocycles. The number of aromatic nitrogens is 3. The van der Waals surface area contributed by atoms with Gasteiger partial charge >= 0.3 is 0 Å². The summed E-state index contributed by atoms with van der Waals surface area (Å²) < 4.78 is 50.0. The number of aryl methyl sites for hydroxylation is 1. The highest BCUT2D eigenvalue weighted by atomic mass is 32.2. The van der Waals surface area contributed by atoms with E-state index in [1.54, 1.807) is 6.33 Å². The molecule has 178 valence electrons. The number of fused-ring (bicyclic) bond motifs is 1. The molecule has 5 rings (SSSR count). The Morgan fingerprint density at radius 1 is 1.03 bits per heavy atom. The summed E-state index contributed by atoms with van der Waals surface area (Å²) in [5.41, 5.74) is 4.15. The van der Waals surface area contributed by atoms with Crippen LogP contribution in [0.4, 0.5) is 10.1 Å². The lowest BCUT2D eigenvalue weighted by atomic mass is 10.1. The first-order valence-electron chi connectivity index (χ1n) is 10.8. The molecule has 0 aliphatic heterocycles. The number of rotatable bonds is 8. The third kappa shape index (κ3) is 4.79. The monoisotopic (exact) mass is 491 g/mol. The first-order chi connectivity index (χ1) is 16.9. The van der Waals surface area contributed by atoms with Crippen LogP contribution < -0.4 is 10.0 Å². The van der Waals surface area contributed by atoms with E-state index in [4.69, 9.17) is 4.42 Å². The van der Waals surface area contributed by atoms with Gasteiger partial charge in [0.25, 0.3) is 0 Å². The standard InChI is InChI=1S/C25H22FN5O3S/c1-31-16-28-23-9-5-8-18(24(23)31)13-27-22-11-10-20(12-21(22)26)35(32,33)29-14-19-15-34-25(30-19)17-6-3-2-4-7-17/h2-12,15-16,27,29H,13-14H2,1H3. The Hall–Kier alpha value is -4.02. The summed E-state index contributed by atoms with van der Waals surface area (Å²) in [6.07, 6.45) is 3.12. The summed E-state index contributed by atoms with van der Waals surface area (Å²) in [6.45, 7) is 0.267. The molecule has 0 atom stereocenters. The van der Waals surface area contributed by atoms with Crippen LogP contribution in [-0.2, 0) is 30.2 Å². The van der Waals surface area contributed by atoms with Gasteiger partial charge < -0.3 is 14.3 Å². The molecule has 35 heavy (non-hydrogen) atoms. The maximum absolute atomic E-state index is 14.8. The van der Waals surface area contributed by atoms with E-state index in [1.165, 1.54) is 18.4 Å². The Balaban J connectivity index is 1.26. The minimum atomic E-state index is -3.96. The zero-order chi connectivity index (χ0) is 24.4. The first kappa shape index (κ1) is 22.8. The maximum Gasteiger partial charge on any atom is 0.241 e. The quantitative estimate of drug-likeness (QED) is 0.332. The minimum Gasteiger partial charge on any atom is -0.444 e. The molecule has 0 spiro atoms. The van der Waals surface area contributed by atoms with Crippen LogP contribution in [0.5, 0.6) is 0 Å². The van der Waals surface area contributed by atoms with Crippen molar-refractivity contribution in [1.29, 1.82) is 0 Å². The Morgan fingerprint density at radius 2 is 1.86 bits per heavy atom. The molecule has 0 aliphatic carbocycles. The number of sulfonamides is 1. The second-order valence-electron chi connectivity index (χ2n) is 7.97. The average Bonchev–Trinajstić information content (AvgIpc) is 3.50. The number of halogens is 1. The number of nitrogens with one attached hydrogen (secondary N) is 2. The maximum atomic E-state index is 14.8. The van der Waals surface area contributed by atoms with Crippen molar-refractivity contribution in [2.45, 2.75) is 18.0 Å². The average molecular weight is 492 g/mol. The smallest absolute Gasteiger partial charge is 0.241 e. The molecule has 5 aromatic rings. The van der Waals surface area contributed by atoms with Crippen LogP contribution in [0.2, 0.25) is 0 Å². The van der Waals surface area contributed by atoms with Crippen molar-refractivity contribution in [3.05, 3.63) is 96.4 Å². The van der Waals surface area contributed by atoms with E-state index >= 15 is 0 Å². The van der Waals surface area contributed by atoms with Gasteiger partial charge in [-0.25, -0.2) is 27.5 Å². The van der Waals surface area contributed by atoms with Crippen molar-refractivity contribution in [3.63, 3.8) is 0 Å². The molecular weight excluding hydrogens is 469 g/mol. The van der Waals surface area contributed by atoms with E-state index in [0.717, 1.165) is 28.2 Å². The summed E-state index contributed by atoms with van der Waals surface area (Å²) in [6, 6.07) is 18.8. The van der Waals surface area contributed by atoms with E-state index in [0.29, 0.717) is 18.1 Å². The first-order valence-corrected chi connectivity index (χ1v) is 12.3. The molecule has 8 nitrogen and oxygen atoms in total. The molecule has 2 N–H and O–H groups in total. The van der Waals surface area contributed by atoms with Crippen LogP contribution in [0.1, 0.15) is 11.3 Å². The second kappa shape index (κ2) is 9.32. The molecule has 3 aromatic carbocycles. The van der Waals surface area contributed by atoms with Crippen LogP contribution in [0.25, 0.3) is 22.5 Å². The summed E-state index contributed by atoms with van der Waals surface area (Å²) >= 11 is 0. The van der Waals surface area contributed by atoms with E-state index in [-0.39, 0.29) is 17.1 Å². The third-order valence-corrected chi connectivity index (χ3v) is 6.96. The van der Waals surface area contributed by atoms with Gasteiger partial charge in [0, 0.05) is 19.2 Å². The van der Waals surface area contributed by atoms with Crippen LogP contribution in [0.3, 0.4) is 0 Å². The van der Waals surface area contributed by atoms with Gasteiger partial charge in [-0.2, -0.15) is 0 Å². The number of imidazole rings is 1. The number of hydrogen-bond donors (Lipinski definition) is 2. The fraction of sp³-hybridized carbons (Fsp3) is 0.120. The highest BCUT2D eigenvalue weighted by Crippen LogP contribution is 2.23. The lowest BCUT2D eigenvalue weighted by molar-refractivity contribution is 0.569. The van der Waals surface area contributed by atoms with Crippen LogP contribution in [-0.4, -0.2) is 23.0 Å². The largest absolute Gasteiger partial charge is 0.444 e. The summed E-state index contributed by atoms with van der Waals surface area (Å²) in [5.74, 6) is -0.277. The van der Waals surface area contributed by atoms with Gasteiger partial charge in [0.2, 0.25) is 15.9 Å². The number of benzene rings is 3. The normalized spacial score (nSPS) is 11.7. The van der Waals surface area contributed by atoms with Crippen molar-refractivity contribution in [2.24, 2.45) is 7.05 Å². The van der Waals surface area contributed by atoms with Gasteiger partial charge in [-0.3, -0.25) is 0 Å². The second-order valence-corrected chi connectivity index (χ2v) is 9.74. The van der Waals surface area contributed by atoms with E-state index in [9.17, 15) is 12.8 Å². The van der Waals surface area contributed by atoms with Gasteiger partial charge in [0.1, 0.15) is 12.1 Å². The Labute approximate surface area is 201 Å². The molecule has 0 unspecified atom stereocenters. The fourth-order valence-corrected chi connectivity index (χ4v) is 4.80. The predicted molar refractivity (Wildman–Crippen MR) is 130 cm³/mol. The van der Waals surface area contributed by atoms with Gasteiger partial charge in [0.05, 0.1) is 40.2 Å². The van der Waals surface area contributed by atoms with Crippen LogP contribution in [0.15, 0.2) is 88.6 Å². The molecule has 0 aliphatic rings. The zero-order valence-electron chi connectivity index (χ0n) is 18.8. The van der Waals surface area contributed by atoms with E-state index in [2.05, 4.69) is 20.0 Å². The fourth-order valence-electron chi connectivity index (χ4n) is 3.79. The minimum absolute atomic E-state index is 0.0883. The number of anilines is 1. The van der Waals surface area contributed by atoms with Gasteiger partial charge in [0.15, 0.2) is 0 Å². The van der Waals surface area contributed by atoms with E-state index < -0.39 is 15.8 Å². The van der Waals surface area contributed by atoms with Crippen LogP contribution >= 0.6 is 0 Å². The number of oxazole rings is 1. The molecule has 0 bridgehead atoms.